The summed E-state index contributed by atoms with van der Waals surface area (Å²) in [4.78, 5) is 4.28. The molecule has 0 aliphatic heterocycles. The summed E-state index contributed by atoms with van der Waals surface area (Å²) in [5.74, 6) is 0.938. The van der Waals surface area contributed by atoms with Crippen LogP contribution in [0.15, 0.2) is 23.2 Å². The summed E-state index contributed by atoms with van der Waals surface area (Å²) in [7, 11) is 1.55. The predicted molar refractivity (Wildman–Crippen MR) is 93.2 cm³/mol. The first-order chi connectivity index (χ1) is 9.69. The van der Waals surface area contributed by atoms with Gasteiger partial charge >= 0.3 is 0 Å². The average Bonchev–Trinajstić information content (AvgIpc) is 2.38. The van der Waals surface area contributed by atoms with E-state index in [0.717, 1.165) is 18.0 Å². The van der Waals surface area contributed by atoms with E-state index in [0.29, 0.717) is 18.1 Å². The number of nitrogens with one attached hydrogen (secondary N) is 1. The molecule has 0 amide bonds. The van der Waals surface area contributed by atoms with Crippen LogP contribution < -0.4 is 11.1 Å². The number of hydrogen-bond donors (Lipinski definition) is 2. The number of nitrogens with two attached hydrogens (primary N) is 1. The Morgan fingerprint density at radius 2 is 2.24 bits per heavy atom. The van der Waals surface area contributed by atoms with Crippen molar-refractivity contribution in [2.75, 3.05) is 13.7 Å². The number of aliphatic imine (C=N–C) groups is 1. The maximum Gasteiger partial charge on any atom is 0.188 e. The number of benzene rings is 1. The second kappa shape index (κ2) is 9.19. The van der Waals surface area contributed by atoms with Gasteiger partial charge in [0.1, 0.15) is 5.82 Å². The molecule has 1 aromatic carbocycles. The molecule has 0 bridgehead atoms. The lowest BCUT2D eigenvalue weighted by Crippen LogP contribution is -2.37. The third-order valence-electron chi connectivity index (χ3n) is 3.64. The van der Waals surface area contributed by atoms with Crippen LogP contribution in [-0.2, 0) is 17.9 Å². The summed E-state index contributed by atoms with van der Waals surface area (Å²) < 4.78 is 18.4. The first kappa shape index (κ1) is 18.2. The molecule has 6 heteroatoms. The van der Waals surface area contributed by atoms with Gasteiger partial charge in [-0.2, -0.15) is 0 Å². The van der Waals surface area contributed by atoms with E-state index >= 15 is 0 Å². The second-order valence-electron chi connectivity index (χ2n) is 5.24. The van der Waals surface area contributed by atoms with Crippen molar-refractivity contribution in [3.63, 3.8) is 0 Å². The molecule has 118 valence electrons. The molecule has 0 atom stereocenters. The van der Waals surface area contributed by atoms with Crippen molar-refractivity contribution in [2.24, 2.45) is 16.6 Å². The molecular formula is C15H23FIN3O. The minimum Gasteiger partial charge on any atom is -0.380 e. The van der Waals surface area contributed by atoms with Crippen LogP contribution in [0.2, 0.25) is 0 Å². The number of methoxy groups -OCH3 is 1. The van der Waals surface area contributed by atoms with Crippen LogP contribution in [0.25, 0.3) is 0 Å². The highest BCUT2D eigenvalue weighted by Crippen LogP contribution is 2.24. The maximum absolute atomic E-state index is 13.5. The van der Waals surface area contributed by atoms with E-state index < -0.39 is 0 Å². The topological polar surface area (TPSA) is 59.6 Å². The fraction of sp³-hybridized carbons (Fsp3) is 0.533. The molecule has 1 fully saturated rings. The van der Waals surface area contributed by atoms with E-state index in [1.165, 1.54) is 25.3 Å². The van der Waals surface area contributed by atoms with Gasteiger partial charge in [-0.25, -0.2) is 9.38 Å². The zero-order chi connectivity index (χ0) is 14.4. The van der Waals surface area contributed by atoms with Gasteiger partial charge in [-0.1, -0.05) is 12.5 Å². The Balaban J connectivity index is 0.00000220. The molecule has 0 heterocycles. The van der Waals surface area contributed by atoms with Gasteiger partial charge in [0.25, 0.3) is 0 Å². The highest BCUT2D eigenvalue weighted by atomic mass is 127. The number of halogens is 2. The molecule has 3 N–H and O–H groups in total. The smallest absolute Gasteiger partial charge is 0.188 e. The molecule has 0 aromatic heterocycles. The monoisotopic (exact) mass is 407 g/mol. The van der Waals surface area contributed by atoms with Crippen LogP contribution in [0, 0.1) is 11.7 Å². The van der Waals surface area contributed by atoms with Gasteiger partial charge in [-0.3, -0.25) is 0 Å². The quantitative estimate of drug-likeness (QED) is 0.433. The zero-order valence-corrected chi connectivity index (χ0v) is 14.6. The van der Waals surface area contributed by atoms with Crippen LogP contribution in [0.4, 0.5) is 4.39 Å². The van der Waals surface area contributed by atoms with Crippen molar-refractivity contribution in [1.29, 1.82) is 0 Å². The molecule has 21 heavy (non-hydrogen) atoms. The van der Waals surface area contributed by atoms with Gasteiger partial charge in [0.05, 0.1) is 13.2 Å². The van der Waals surface area contributed by atoms with E-state index in [9.17, 15) is 4.39 Å². The Labute approximate surface area is 142 Å². The molecule has 1 aliphatic carbocycles. The standard InChI is InChI=1S/C15H22FN3O.HI/c1-20-10-13-7-12(5-6-14(13)16)9-19-15(17)18-8-11-3-2-4-11;/h5-7,11H,2-4,8-10H2,1H3,(H3,17,18,19);1H. The summed E-state index contributed by atoms with van der Waals surface area (Å²) in [6.45, 7) is 1.60. The highest BCUT2D eigenvalue weighted by Gasteiger charge is 2.16. The van der Waals surface area contributed by atoms with E-state index in [1.807, 2.05) is 0 Å². The molecular weight excluding hydrogens is 384 g/mol. The van der Waals surface area contributed by atoms with Gasteiger partial charge in [0, 0.05) is 19.2 Å². The summed E-state index contributed by atoms with van der Waals surface area (Å²) in [6.07, 6.45) is 3.87. The SMILES string of the molecule is COCc1cc(CN=C(N)NCC2CCC2)ccc1F.I. The van der Waals surface area contributed by atoms with Crippen molar-refractivity contribution in [2.45, 2.75) is 32.4 Å². The first-order valence-corrected chi connectivity index (χ1v) is 6.99. The molecule has 1 aliphatic rings. The summed E-state index contributed by atoms with van der Waals surface area (Å²) >= 11 is 0. The van der Waals surface area contributed by atoms with Crippen LogP contribution in [0.3, 0.4) is 0 Å². The Hall–Kier alpha value is -0.890. The van der Waals surface area contributed by atoms with Crippen molar-refractivity contribution in [3.05, 3.63) is 35.1 Å². The number of ether oxygens (including phenoxy) is 1. The van der Waals surface area contributed by atoms with Gasteiger partial charge in [-0.15, -0.1) is 24.0 Å². The predicted octanol–water partition coefficient (Wildman–Crippen LogP) is 2.79. The van der Waals surface area contributed by atoms with Gasteiger partial charge in [0.2, 0.25) is 0 Å². The Morgan fingerprint density at radius 3 is 2.86 bits per heavy atom. The largest absolute Gasteiger partial charge is 0.380 e. The second-order valence-corrected chi connectivity index (χ2v) is 5.24. The number of hydrogen-bond acceptors (Lipinski definition) is 2. The summed E-state index contributed by atoms with van der Waals surface area (Å²) in [5, 5.41) is 3.13. The summed E-state index contributed by atoms with van der Waals surface area (Å²) in [6, 6.07) is 4.93. The molecule has 1 aromatic rings. The molecule has 0 unspecified atom stereocenters. The summed E-state index contributed by atoms with van der Waals surface area (Å²) in [5.41, 5.74) is 7.28. The van der Waals surface area contributed by atoms with Crippen molar-refractivity contribution in [3.8, 4) is 0 Å². The maximum atomic E-state index is 13.5. The van der Waals surface area contributed by atoms with Crippen molar-refractivity contribution >= 4 is 29.9 Å². The normalized spacial score (nSPS) is 15.2. The Morgan fingerprint density at radius 1 is 1.48 bits per heavy atom. The molecule has 1 saturated carbocycles. The van der Waals surface area contributed by atoms with Gasteiger partial charge in [0.15, 0.2) is 5.96 Å². The van der Waals surface area contributed by atoms with Crippen LogP contribution in [-0.4, -0.2) is 19.6 Å². The molecule has 0 saturated heterocycles. The van der Waals surface area contributed by atoms with E-state index in [-0.39, 0.29) is 36.4 Å². The molecule has 2 rings (SSSR count). The van der Waals surface area contributed by atoms with Crippen molar-refractivity contribution < 1.29 is 9.13 Å². The minimum atomic E-state index is -0.254. The van der Waals surface area contributed by atoms with Crippen LogP contribution in [0.5, 0.6) is 0 Å². The highest BCUT2D eigenvalue weighted by molar-refractivity contribution is 14.0. The molecule has 0 radical (unpaired) electrons. The lowest BCUT2D eigenvalue weighted by Gasteiger charge is -2.25. The van der Waals surface area contributed by atoms with Crippen molar-refractivity contribution in [1.82, 2.24) is 5.32 Å². The average molecular weight is 407 g/mol. The number of rotatable bonds is 6. The zero-order valence-electron chi connectivity index (χ0n) is 12.3. The molecule has 4 nitrogen and oxygen atoms in total. The third kappa shape index (κ3) is 5.78. The fourth-order valence-electron chi connectivity index (χ4n) is 2.17. The Kier molecular flexibility index (Phi) is 7.95. The third-order valence-corrected chi connectivity index (χ3v) is 3.64. The van der Waals surface area contributed by atoms with Crippen LogP contribution in [0.1, 0.15) is 30.4 Å². The van der Waals surface area contributed by atoms with Gasteiger partial charge < -0.3 is 15.8 Å². The first-order valence-electron chi connectivity index (χ1n) is 6.99. The van der Waals surface area contributed by atoms with Crippen LogP contribution >= 0.6 is 24.0 Å². The van der Waals surface area contributed by atoms with E-state index in [2.05, 4.69) is 10.3 Å². The van der Waals surface area contributed by atoms with E-state index in [1.54, 1.807) is 19.2 Å². The Bertz CT molecular complexity index is 478. The number of nitrogens with zero attached hydrogens (tertiary/aromatic N) is 1. The number of guanidine groups is 1. The minimum absolute atomic E-state index is 0. The lowest BCUT2D eigenvalue weighted by atomic mass is 9.85. The van der Waals surface area contributed by atoms with E-state index in [4.69, 9.17) is 10.5 Å². The fourth-order valence-corrected chi connectivity index (χ4v) is 2.17. The lowest BCUT2D eigenvalue weighted by molar-refractivity contribution is 0.181. The van der Waals surface area contributed by atoms with Gasteiger partial charge in [-0.05, 0) is 36.5 Å². The molecule has 0 spiro atoms.